The number of benzene rings is 2. The summed E-state index contributed by atoms with van der Waals surface area (Å²) in [6.45, 7) is 20.9. The molecule has 2 aromatic carbocycles. The first-order valence-corrected chi connectivity index (χ1v) is 14.6. The third-order valence-corrected chi connectivity index (χ3v) is 7.45. The van der Waals surface area contributed by atoms with Gasteiger partial charge < -0.3 is 14.7 Å². The molecular formula is C34H53BrN2O3. The van der Waals surface area contributed by atoms with Crippen molar-refractivity contribution in [2.24, 2.45) is 16.8 Å². The zero-order valence-corrected chi connectivity index (χ0v) is 28.2. The molecule has 0 spiro atoms. The molecule has 0 aliphatic carbocycles. The van der Waals surface area contributed by atoms with Crippen molar-refractivity contribution in [1.29, 1.82) is 0 Å². The highest BCUT2D eigenvalue weighted by Gasteiger charge is 2.38. The number of nitrogens with zero attached hydrogens (tertiary/aromatic N) is 2. The van der Waals surface area contributed by atoms with E-state index in [0.717, 1.165) is 36.3 Å². The van der Waals surface area contributed by atoms with Gasteiger partial charge in [0.05, 0.1) is 19.7 Å². The summed E-state index contributed by atoms with van der Waals surface area (Å²) >= 11 is 0. The summed E-state index contributed by atoms with van der Waals surface area (Å²) in [6.07, 6.45) is 1.95. The number of halogens is 1. The van der Waals surface area contributed by atoms with Crippen LogP contribution in [0, 0.1) is 11.8 Å². The molecular weight excluding hydrogens is 564 g/mol. The lowest BCUT2D eigenvalue weighted by molar-refractivity contribution is 0.0963. The number of hydrogen-bond donors (Lipinski definition) is 1. The summed E-state index contributed by atoms with van der Waals surface area (Å²) in [6, 6.07) is 14.3. The number of methoxy groups -OCH3 is 1. The number of carbonyl (C=O) groups is 1. The fraction of sp³-hybridized carbons (Fsp3) is 0.588. The third-order valence-electron chi connectivity index (χ3n) is 7.45. The minimum Gasteiger partial charge on any atom is -0.507 e. The maximum Gasteiger partial charge on any atom is 0.182 e. The van der Waals surface area contributed by atoms with Gasteiger partial charge in [-0.05, 0) is 40.9 Å². The third kappa shape index (κ3) is 9.17. The second-order valence-corrected chi connectivity index (χ2v) is 12.4. The molecule has 1 fully saturated rings. The molecule has 0 bridgehead atoms. The van der Waals surface area contributed by atoms with Crippen LogP contribution in [0.4, 0.5) is 0 Å². The van der Waals surface area contributed by atoms with Gasteiger partial charge in [-0.3, -0.25) is 9.79 Å². The van der Waals surface area contributed by atoms with Crippen LogP contribution in [0.5, 0.6) is 5.75 Å². The van der Waals surface area contributed by atoms with Crippen molar-refractivity contribution in [3.8, 4) is 5.75 Å². The molecule has 3 rings (SSSR count). The van der Waals surface area contributed by atoms with E-state index in [1.54, 1.807) is 7.11 Å². The zero-order valence-electron chi connectivity index (χ0n) is 26.5. The summed E-state index contributed by atoms with van der Waals surface area (Å²) in [7, 11) is 1.69. The molecule has 0 unspecified atom stereocenters. The maximum atomic E-state index is 13.8. The Morgan fingerprint density at radius 3 is 2.05 bits per heavy atom. The first kappa shape index (κ1) is 35.8. The van der Waals surface area contributed by atoms with Crippen molar-refractivity contribution in [1.82, 2.24) is 4.90 Å². The number of carbonyl (C=O) groups excluding carboxylic acids is 1. The Kier molecular flexibility index (Phi) is 14.1. The Morgan fingerprint density at radius 2 is 1.57 bits per heavy atom. The van der Waals surface area contributed by atoms with E-state index in [1.165, 1.54) is 5.56 Å². The van der Waals surface area contributed by atoms with Crippen LogP contribution in [-0.2, 0) is 22.0 Å². The second-order valence-electron chi connectivity index (χ2n) is 12.4. The van der Waals surface area contributed by atoms with Crippen LogP contribution >= 0.6 is 17.0 Å². The van der Waals surface area contributed by atoms with Gasteiger partial charge in [-0.2, -0.15) is 0 Å². The van der Waals surface area contributed by atoms with Gasteiger partial charge in [0.2, 0.25) is 0 Å². The number of aliphatic imine (C=N–C) groups is 1. The molecule has 1 aliphatic heterocycles. The molecule has 5 nitrogen and oxygen atoms in total. The van der Waals surface area contributed by atoms with E-state index in [4.69, 9.17) is 9.73 Å². The SMILES string of the molecule is Br.CC.CC[C@H]1CN(CC(=O)c2cc(C(C)(C)C)c(O)c(C(C)(C)C)c2)C(=NCCOC)[C@@H]1Cc1ccccc1. The van der Waals surface area contributed by atoms with Gasteiger partial charge in [0.25, 0.3) is 0 Å². The van der Waals surface area contributed by atoms with Gasteiger partial charge in [0.1, 0.15) is 11.6 Å². The quantitative estimate of drug-likeness (QED) is 0.229. The highest BCUT2D eigenvalue weighted by atomic mass is 79.9. The van der Waals surface area contributed by atoms with Crippen molar-refractivity contribution < 1.29 is 14.6 Å². The number of likely N-dealkylation sites (tertiary alicyclic amines) is 1. The fourth-order valence-corrected chi connectivity index (χ4v) is 5.31. The summed E-state index contributed by atoms with van der Waals surface area (Å²) in [5, 5.41) is 11.1. The van der Waals surface area contributed by atoms with E-state index < -0.39 is 0 Å². The summed E-state index contributed by atoms with van der Waals surface area (Å²) in [5.41, 5.74) is 3.01. The van der Waals surface area contributed by atoms with Crippen LogP contribution in [0.3, 0.4) is 0 Å². The number of rotatable bonds is 9. The molecule has 1 heterocycles. The van der Waals surface area contributed by atoms with Crippen molar-refractivity contribution in [3.05, 3.63) is 64.7 Å². The molecule has 1 aliphatic rings. The molecule has 1 saturated heterocycles. The normalized spacial score (nSPS) is 18.2. The largest absolute Gasteiger partial charge is 0.507 e. The van der Waals surface area contributed by atoms with Crippen LogP contribution in [0.2, 0.25) is 0 Å². The molecule has 0 amide bonds. The molecule has 2 atom stereocenters. The van der Waals surface area contributed by atoms with Gasteiger partial charge in [-0.25, -0.2) is 0 Å². The lowest BCUT2D eigenvalue weighted by atomic mass is 9.78. The predicted octanol–water partition coefficient (Wildman–Crippen LogP) is 8.02. The Labute approximate surface area is 254 Å². The monoisotopic (exact) mass is 616 g/mol. The van der Waals surface area contributed by atoms with E-state index in [2.05, 4.69) is 77.6 Å². The topological polar surface area (TPSA) is 62.1 Å². The maximum absolute atomic E-state index is 13.8. The van der Waals surface area contributed by atoms with E-state index in [-0.39, 0.29) is 46.1 Å². The molecule has 6 heteroatoms. The van der Waals surface area contributed by atoms with Gasteiger partial charge in [-0.1, -0.05) is 99.1 Å². The minimum absolute atomic E-state index is 0. The second kappa shape index (κ2) is 15.7. The molecule has 0 saturated carbocycles. The number of ether oxygens (including phenoxy) is 1. The first-order chi connectivity index (χ1) is 18.4. The average Bonchev–Trinajstić information content (AvgIpc) is 3.20. The lowest BCUT2D eigenvalue weighted by Gasteiger charge is -2.28. The fourth-order valence-electron chi connectivity index (χ4n) is 5.31. The highest BCUT2D eigenvalue weighted by molar-refractivity contribution is 8.93. The summed E-state index contributed by atoms with van der Waals surface area (Å²) in [4.78, 5) is 21.0. The molecule has 0 radical (unpaired) electrons. The van der Waals surface area contributed by atoms with Crippen LogP contribution in [0.25, 0.3) is 0 Å². The number of Topliss-reactive ketones (excluding diaryl/α,β-unsaturated/α-hetero) is 1. The molecule has 2 aromatic rings. The number of aromatic hydroxyl groups is 1. The number of amidine groups is 1. The average molecular weight is 618 g/mol. The molecule has 40 heavy (non-hydrogen) atoms. The Bertz CT molecular complexity index is 1070. The lowest BCUT2D eigenvalue weighted by Crippen LogP contribution is -2.34. The predicted molar refractivity (Wildman–Crippen MR) is 175 cm³/mol. The van der Waals surface area contributed by atoms with Crippen LogP contribution in [-0.4, -0.2) is 55.0 Å². The van der Waals surface area contributed by atoms with E-state index >= 15 is 0 Å². The van der Waals surface area contributed by atoms with Gasteiger partial charge in [0.15, 0.2) is 5.78 Å². The first-order valence-electron chi connectivity index (χ1n) is 14.6. The Hall–Kier alpha value is -2.18. The van der Waals surface area contributed by atoms with Crippen LogP contribution in [0.1, 0.15) is 95.8 Å². The van der Waals surface area contributed by atoms with Gasteiger partial charge in [0, 0.05) is 36.3 Å². The number of phenols is 1. The van der Waals surface area contributed by atoms with E-state index in [0.29, 0.717) is 30.4 Å². The molecule has 1 N–H and O–H groups in total. The number of phenolic OH excluding ortho intramolecular Hbond substituents is 1. The van der Waals surface area contributed by atoms with Crippen molar-refractivity contribution >= 4 is 28.6 Å². The van der Waals surface area contributed by atoms with E-state index in [1.807, 2.05) is 32.0 Å². The Balaban J connectivity index is 0.00000261. The van der Waals surface area contributed by atoms with Crippen molar-refractivity contribution in [2.75, 3.05) is 33.4 Å². The number of ketones is 1. The highest BCUT2D eigenvalue weighted by Crippen LogP contribution is 2.40. The summed E-state index contributed by atoms with van der Waals surface area (Å²) in [5.74, 6) is 2.09. The smallest absolute Gasteiger partial charge is 0.182 e. The summed E-state index contributed by atoms with van der Waals surface area (Å²) < 4.78 is 5.28. The Morgan fingerprint density at radius 1 is 1.02 bits per heavy atom. The zero-order chi connectivity index (χ0) is 29.4. The number of hydrogen-bond acceptors (Lipinski definition) is 4. The van der Waals surface area contributed by atoms with Crippen molar-refractivity contribution in [2.45, 2.75) is 86.0 Å². The van der Waals surface area contributed by atoms with Crippen LogP contribution < -0.4 is 0 Å². The van der Waals surface area contributed by atoms with Crippen molar-refractivity contribution in [3.63, 3.8) is 0 Å². The molecule has 224 valence electrons. The van der Waals surface area contributed by atoms with E-state index in [9.17, 15) is 9.90 Å². The standard InChI is InChI=1S/C32H46N2O3.C2H6.BrH/c1-9-23-20-34(30(33-15-16-37-8)25(23)17-22-13-11-10-12-14-22)21-28(35)24-18-26(31(2,3)4)29(36)27(19-24)32(5,6)7;1-2;/h10-14,18-19,23,25,36H,9,15-17,20-21H2,1-8H3;1-2H3;1H/t23-,25+;;/m0../s1. The van der Waals surface area contributed by atoms with Gasteiger partial charge in [-0.15, -0.1) is 17.0 Å². The van der Waals surface area contributed by atoms with Gasteiger partial charge >= 0.3 is 0 Å². The molecule has 0 aromatic heterocycles. The minimum atomic E-state index is -0.283. The van der Waals surface area contributed by atoms with Crippen LogP contribution in [0.15, 0.2) is 47.5 Å².